The molecule has 138 valence electrons. The first kappa shape index (κ1) is 17.4. The molecule has 1 amide bonds. The summed E-state index contributed by atoms with van der Waals surface area (Å²) >= 11 is 0. The number of piperidine rings is 1. The average Bonchev–Trinajstić information content (AvgIpc) is 3.15. The summed E-state index contributed by atoms with van der Waals surface area (Å²) < 4.78 is 19.4. The third-order valence-electron chi connectivity index (χ3n) is 5.00. The lowest BCUT2D eigenvalue weighted by Crippen LogP contribution is -2.38. The van der Waals surface area contributed by atoms with Crippen LogP contribution in [0.2, 0.25) is 0 Å². The Morgan fingerprint density at radius 2 is 1.96 bits per heavy atom. The van der Waals surface area contributed by atoms with Crippen LogP contribution in [0.4, 0.5) is 4.39 Å². The minimum Gasteiger partial charge on any atom is -0.339 e. The van der Waals surface area contributed by atoms with E-state index in [0.717, 1.165) is 11.1 Å². The number of benzene rings is 2. The molecular weight excluding hydrogens is 345 g/mol. The molecule has 3 aromatic rings. The molecular formula is C21H20FN3O2. The van der Waals surface area contributed by atoms with Gasteiger partial charge in [0.15, 0.2) is 0 Å². The van der Waals surface area contributed by atoms with E-state index >= 15 is 0 Å². The van der Waals surface area contributed by atoms with Crippen molar-refractivity contribution < 1.29 is 13.7 Å². The smallest absolute Gasteiger partial charge is 0.231 e. The predicted molar refractivity (Wildman–Crippen MR) is 98.3 cm³/mol. The van der Waals surface area contributed by atoms with Crippen LogP contribution < -0.4 is 0 Å². The highest BCUT2D eigenvalue weighted by atomic mass is 19.1. The second-order valence-corrected chi connectivity index (χ2v) is 6.87. The molecule has 0 aliphatic carbocycles. The maximum Gasteiger partial charge on any atom is 0.231 e. The Morgan fingerprint density at radius 3 is 2.78 bits per heavy atom. The SMILES string of the molecule is Cc1ccccc1-c1noc(C2CCC(=O)N(Cc3ccccc3F)C2)n1. The summed E-state index contributed by atoms with van der Waals surface area (Å²) in [5.74, 6) is 0.764. The summed E-state index contributed by atoms with van der Waals surface area (Å²) in [4.78, 5) is 18.5. The Bertz CT molecular complexity index is 969. The fourth-order valence-corrected chi connectivity index (χ4v) is 3.44. The van der Waals surface area contributed by atoms with Crippen molar-refractivity contribution in [3.05, 3.63) is 71.4 Å². The van der Waals surface area contributed by atoms with Crippen molar-refractivity contribution in [1.29, 1.82) is 0 Å². The molecule has 2 heterocycles. The zero-order valence-corrected chi connectivity index (χ0v) is 15.1. The fraction of sp³-hybridized carbons (Fsp3) is 0.286. The molecule has 1 saturated heterocycles. The van der Waals surface area contributed by atoms with Gasteiger partial charge >= 0.3 is 0 Å². The number of nitrogens with zero attached hydrogens (tertiary/aromatic N) is 3. The number of rotatable bonds is 4. The van der Waals surface area contributed by atoms with Crippen molar-refractivity contribution in [1.82, 2.24) is 15.0 Å². The van der Waals surface area contributed by atoms with Crippen LogP contribution in [0.1, 0.15) is 35.8 Å². The lowest BCUT2D eigenvalue weighted by molar-refractivity contribution is -0.134. The summed E-state index contributed by atoms with van der Waals surface area (Å²) in [5, 5.41) is 4.12. The summed E-state index contributed by atoms with van der Waals surface area (Å²) in [6.45, 7) is 2.70. The fourth-order valence-electron chi connectivity index (χ4n) is 3.44. The average molecular weight is 365 g/mol. The molecule has 1 atom stereocenters. The highest BCUT2D eigenvalue weighted by molar-refractivity contribution is 5.77. The number of hydrogen-bond donors (Lipinski definition) is 0. The first-order valence-electron chi connectivity index (χ1n) is 9.02. The van der Waals surface area contributed by atoms with E-state index in [4.69, 9.17) is 4.52 Å². The quantitative estimate of drug-likeness (QED) is 0.699. The number of likely N-dealkylation sites (tertiary alicyclic amines) is 1. The van der Waals surface area contributed by atoms with Crippen LogP contribution in [-0.2, 0) is 11.3 Å². The molecule has 1 fully saturated rings. The number of halogens is 1. The Labute approximate surface area is 156 Å². The van der Waals surface area contributed by atoms with Gasteiger partial charge in [0.1, 0.15) is 5.82 Å². The number of carbonyl (C=O) groups excluding carboxylic acids is 1. The monoisotopic (exact) mass is 365 g/mol. The lowest BCUT2D eigenvalue weighted by Gasteiger charge is -2.31. The van der Waals surface area contributed by atoms with Gasteiger partial charge in [-0.3, -0.25) is 4.79 Å². The third-order valence-corrected chi connectivity index (χ3v) is 5.00. The van der Waals surface area contributed by atoms with E-state index in [1.807, 2.05) is 31.2 Å². The van der Waals surface area contributed by atoms with Crippen LogP contribution in [0.5, 0.6) is 0 Å². The zero-order valence-electron chi connectivity index (χ0n) is 15.1. The van der Waals surface area contributed by atoms with Crippen LogP contribution in [0.3, 0.4) is 0 Å². The van der Waals surface area contributed by atoms with E-state index in [-0.39, 0.29) is 24.2 Å². The maximum absolute atomic E-state index is 13.9. The van der Waals surface area contributed by atoms with Crippen LogP contribution in [0, 0.1) is 12.7 Å². The van der Waals surface area contributed by atoms with Gasteiger partial charge < -0.3 is 9.42 Å². The molecule has 6 heteroatoms. The number of carbonyl (C=O) groups is 1. The Balaban J connectivity index is 1.52. The predicted octanol–water partition coefficient (Wildman–Crippen LogP) is 4.09. The summed E-state index contributed by atoms with van der Waals surface area (Å²) in [7, 11) is 0. The van der Waals surface area contributed by atoms with Crippen molar-refractivity contribution in [2.45, 2.75) is 32.2 Å². The molecule has 4 rings (SSSR count). The topological polar surface area (TPSA) is 59.2 Å². The van der Waals surface area contributed by atoms with Gasteiger partial charge in [0.05, 0.1) is 5.92 Å². The normalized spacial score (nSPS) is 17.3. The zero-order chi connectivity index (χ0) is 18.8. The molecule has 0 saturated carbocycles. The third kappa shape index (κ3) is 3.60. The van der Waals surface area contributed by atoms with Gasteiger partial charge in [-0.25, -0.2) is 4.39 Å². The Kier molecular flexibility index (Phi) is 4.71. The van der Waals surface area contributed by atoms with E-state index in [1.54, 1.807) is 23.1 Å². The lowest BCUT2D eigenvalue weighted by atomic mass is 9.96. The Morgan fingerprint density at radius 1 is 1.19 bits per heavy atom. The number of aromatic nitrogens is 2. The molecule has 0 N–H and O–H groups in total. The molecule has 0 radical (unpaired) electrons. The van der Waals surface area contributed by atoms with E-state index in [0.29, 0.717) is 36.7 Å². The Hall–Kier alpha value is -3.02. The standard InChI is InChI=1S/C21H20FN3O2/c1-14-6-2-4-8-17(14)20-23-21(27-24-20)16-10-11-19(26)25(13-16)12-15-7-3-5-9-18(15)22/h2-9,16H,10-13H2,1H3. The van der Waals surface area contributed by atoms with Crippen LogP contribution in [0.15, 0.2) is 53.1 Å². The van der Waals surface area contributed by atoms with Crippen molar-refractivity contribution in [3.63, 3.8) is 0 Å². The first-order chi connectivity index (χ1) is 13.1. The van der Waals surface area contributed by atoms with E-state index in [2.05, 4.69) is 10.1 Å². The highest BCUT2D eigenvalue weighted by Crippen LogP contribution is 2.29. The van der Waals surface area contributed by atoms with Gasteiger partial charge in [-0.1, -0.05) is 47.6 Å². The summed E-state index contributed by atoms with van der Waals surface area (Å²) in [6, 6.07) is 14.4. The second kappa shape index (κ2) is 7.31. The maximum atomic E-state index is 13.9. The molecule has 0 bridgehead atoms. The van der Waals surface area contributed by atoms with E-state index in [9.17, 15) is 9.18 Å². The summed E-state index contributed by atoms with van der Waals surface area (Å²) in [5.41, 5.74) is 2.52. The second-order valence-electron chi connectivity index (χ2n) is 6.87. The first-order valence-corrected chi connectivity index (χ1v) is 9.02. The highest BCUT2D eigenvalue weighted by Gasteiger charge is 2.31. The minimum atomic E-state index is -0.299. The summed E-state index contributed by atoms with van der Waals surface area (Å²) in [6.07, 6.45) is 1.04. The number of hydrogen-bond acceptors (Lipinski definition) is 4. The van der Waals surface area contributed by atoms with Gasteiger partial charge in [-0.05, 0) is 25.0 Å². The van der Waals surface area contributed by atoms with E-state index in [1.165, 1.54) is 6.07 Å². The van der Waals surface area contributed by atoms with Crippen LogP contribution in [0.25, 0.3) is 11.4 Å². The van der Waals surface area contributed by atoms with Crippen LogP contribution >= 0.6 is 0 Å². The molecule has 5 nitrogen and oxygen atoms in total. The largest absolute Gasteiger partial charge is 0.339 e. The van der Waals surface area contributed by atoms with Crippen molar-refractivity contribution >= 4 is 5.91 Å². The molecule has 27 heavy (non-hydrogen) atoms. The van der Waals surface area contributed by atoms with Gasteiger partial charge in [0.25, 0.3) is 0 Å². The van der Waals surface area contributed by atoms with Crippen molar-refractivity contribution in [3.8, 4) is 11.4 Å². The molecule has 1 aromatic heterocycles. The molecule has 2 aromatic carbocycles. The van der Waals surface area contributed by atoms with Gasteiger partial charge in [-0.15, -0.1) is 0 Å². The van der Waals surface area contributed by atoms with Gasteiger partial charge in [-0.2, -0.15) is 4.98 Å². The molecule has 0 spiro atoms. The van der Waals surface area contributed by atoms with Gasteiger partial charge in [0, 0.05) is 30.6 Å². The van der Waals surface area contributed by atoms with Crippen molar-refractivity contribution in [2.24, 2.45) is 0 Å². The molecule has 1 aliphatic rings. The van der Waals surface area contributed by atoms with E-state index < -0.39 is 0 Å². The van der Waals surface area contributed by atoms with Crippen LogP contribution in [-0.4, -0.2) is 27.5 Å². The minimum absolute atomic E-state index is 0.0214. The molecule has 1 unspecified atom stereocenters. The molecule has 1 aliphatic heterocycles. The number of amides is 1. The van der Waals surface area contributed by atoms with Gasteiger partial charge in [0.2, 0.25) is 17.6 Å². The van der Waals surface area contributed by atoms with Crippen molar-refractivity contribution in [2.75, 3.05) is 6.54 Å². The number of aryl methyl sites for hydroxylation is 1.